The lowest BCUT2D eigenvalue weighted by atomic mass is 9.84. The van der Waals surface area contributed by atoms with Crippen LogP contribution in [0.2, 0.25) is 0 Å². The smallest absolute Gasteiger partial charge is 0.167 e. The van der Waals surface area contributed by atoms with Crippen molar-refractivity contribution >= 4 is 5.78 Å². The predicted octanol–water partition coefficient (Wildman–Crippen LogP) is 2.84. The van der Waals surface area contributed by atoms with E-state index in [1.807, 2.05) is 12.1 Å². The molecule has 0 atom stereocenters. The van der Waals surface area contributed by atoms with E-state index in [2.05, 4.69) is 4.98 Å². The maximum Gasteiger partial charge on any atom is 0.167 e. The van der Waals surface area contributed by atoms with E-state index in [1.54, 1.807) is 12.4 Å². The monoisotopic (exact) mass is 189 g/mol. The minimum Gasteiger partial charge on any atom is -0.294 e. The van der Waals surface area contributed by atoms with Crippen molar-refractivity contribution in [3.8, 4) is 0 Å². The molecule has 1 saturated carbocycles. The van der Waals surface area contributed by atoms with E-state index >= 15 is 0 Å². The molecular weight excluding hydrogens is 174 g/mol. The summed E-state index contributed by atoms with van der Waals surface area (Å²) in [6, 6.07) is 3.69. The molecule has 14 heavy (non-hydrogen) atoms. The minimum atomic E-state index is 0.257. The number of pyridine rings is 1. The van der Waals surface area contributed by atoms with Crippen LogP contribution in [0.3, 0.4) is 0 Å². The standard InChI is InChI=1S/C12H15NO/c14-12(10-5-2-1-3-6-10)11-7-4-8-13-9-11/h4,7-10H,1-3,5-6H2. The van der Waals surface area contributed by atoms with E-state index in [1.165, 1.54) is 19.3 Å². The topological polar surface area (TPSA) is 30.0 Å². The van der Waals surface area contributed by atoms with Gasteiger partial charge in [-0.25, -0.2) is 0 Å². The molecule has 0 unspecified atom stereocenters. The number of ketones is 1. The Morgan fingerprint density at radius 2 is 2.07 bits per heavy atom. The zero-order chi connectivity index (χ0) is 9.80. The maximum absolute atomic E-state index is 12.0. The molecule has 2 rings (SSSR count). The van der Waals surface area contributed by atoms with Crippen LogP contribution >= 0.6 is 0 Å². The van der Waals surface area contributed by atoms with E-state index in [-0.39, 0.29) is 11.7 Å². The van der Waals surface area contributed by atoms with Gasteiger partial charge in [-0.3, -0.25) is 9.78 Å². The Labute approximate surface area is 84.4 Å². The Bertz CT molecular complexity index is 301. The van der Waals surface area contributed by atoms with Gasteiger partial charge < -0.3 is 0 Å². The lowest BCUT2D eigenvalue weighted by molar-refractivity contribution is 0.0889. The highest BCUT2D eigenvalue weighted by molar-refractivity contribution is 5.97. The van der Waals surface area contributed by atoms with Crippen molar-refractivity contribution in [2.75, 3.05) is 0 Å². The second kappa shape index (κ2) is 4.36. The Hall–Kier alpha value is -1.18. The molecule has 1 heterocycles. The second-order valence-electron chi connectivity index (χ2n) is 3.94. The van der Waals surface area contributed by atoms with Gasteiger partial charge in [0.2, 0.25) is 0 Å². The normalized spacial score (nSPS) is 18.0. The summed E-state index contributed by atoms with van der Waals surface area (Å²) in [5.74, 6) is 0.547. The predicted molar refractivity (Wildman–Crippen MR) is 55.1 cm³/mol. The lowest BCUT2D eigenvalue weighted by Crippen LogP contribution is -2.17. The summed E-state index contributed by atoms with van der Waals surface area (Å²) < 4.78 is 0. The Kier molecular flexibility index (Phi) is 2.92. The third-order valence-electron chi connectivity index (χ3n) is 2.92. The second-order valence-corrected chi connectivity index (χ2v) is 3.94. The fourth-order valence-electron chi connectivity index (χ4n) is 2.11. The summed E-state index contributed by atoms with van der Waals surface area (Å²) in [5.41, 5.74) is 0.777. The quantitative estimate of drug-likeness (QED) is 0.669. The molecule has 0 aromatic carbocycles. The van der Waals surface area contributed by atoms with Crippen molar-refractivity contribution in [1.82, 2.24) is 4.98 Å². The molecule has 0 N–H and O–H groups in total. The maximum atomic E-state index is 12.0. The van der Waals surface area contributed by atoms with E-state index in [0.29, 0.717) is 0 Å². The van der Waals surface area contributed by atoms with Crippen molar-refractivity contribution < 1.29 is 4.79 Å². The molecule has 0 saturated heterocycles. The van der Waals surface area contributed by atoms with E-state index in [0.717, 1.165) is 18.4 Å². The largest absolute Gasteiger partial charge is 0.294 e. The summed E-state index contributed by atoms with van der Waals surface area (Å²) >= 11 is 0. The third kappa shape index (κ3) is 2.00. The van der Waals surface area contributed by atoms with Crippen LogP contribution in [0.15, 0.2) is 24.5 Å². The van der Waals surface area contributed by atoms with Crippen LogP contribution in [0.5, 0.6) is 0 Å². The van der Waals surface area contributed by atoms with Crippen molar-refractivity contribution in [1.29, 1.82) is 0 Å². The zero-order valence-corrected chi connectivity index (χ0v) is 8.28. The molecule has 0 amide bonds. The number of rotatable bonds is 2. The summed E-state index contributed by atoms with van der Waals surface area (Å²) in [7, 11) is 0. The molecule has 1 aromatic heterocycles. The molecule has 0 aliphatic heterocycles. The van der Waals surface area contributed by atoms with Gasteiger partial charge in [-0.05, 0) is 25.0 Å². The molecule has 0 bridgehead atoms. The van der Waals surface area contributed by atoms with Crippen LogP contribution in [-0.4, -0.2) is 10.8 Å². The molecule has 1 fully saturated rings. The highest BCUT2D eigenvalue weighted by Crippen LogP contribution is 2.26. The van der Waals surface area contributed by atoms with Crippen LogP contribution in [0.4, 0.5) is 0 Å². The molecule has 1 aromatic rings. The highest BCUT2D eigenvalue weighted by atomic mass is 16.1. The molecule has 74 valence electrons. The number of nitrogens with zero attached hydrogens (tertiary/aromatic N) is 1. The van der Waals surface area contributed by atoms with Gasteiger partial charge in [-0.1, -0.05) is 19.3 Å². The van der Waals surface area contributed by atoms with Gasteiger partial charge >= 0.3 is 0 Å². The van der Waals surface area contributed by atoms with Gasteiger partial charge in [0.1, 0.15) is 0 Å². The summed E-state index contributed by atoms with van der Waals surface area (Å²) in [5, 5.41) is 0. The summed E-state index contributed by atoms with van der Waals surface area (Å²) in [4.78, 5) is 15.9. The summed E-state index contributed by atoms with van der Waals surface area (Å²) in [6.45, 7) is 0. The summed E-state index contributed by atoms with van der Waals surface area (Å²) in [6.07, 6.45) is 9.21. The Balaban J connectivity index is 2.07. The van der Waals surface area contributed by atoms with Crippen molar-refractivity contribution in [3.05, 3.63) is 30.1 Å². The first-order chi connectivity index (χ1) is 6.88. The number of Topliss-reactive ketones (excluding diaryl/α,β-unsaturated/α-hetero) is 1. The number of hydrogen-bond acceptors (Lipinski definition) is 2. The molecule has 1 aliphatic rings. The first-order valence-electron chi connectivity index (χ1n) is 5.32. The Morgan fingerprint density at radius 3 is 2.71 bits per heavy atom. The highest BCUT2D eigenvalue weighted by Gasteiger charge is 2.21. The van der Waals surface area contributed by atoms with Gasteiger partial charge in [-0.2, -0.15) is 0 Å². The number of carbonyl (C=O) groups is 1. The molecule has 2 nitrogen and oxygen atoms in total. The number of carbonyl (C=O) groups excluding carboxylic acids is 1. The number of hydrogen-bond donors (Lipinski definition) is 0. The fraction of sp³-hybridized carbons (Fsp3) is 0.500. The molecule has 0 spiro atoms. The lowest BCUT2D eigenvalue weighted by Gasteiger charge is -2.19. The van der Waals surface area contributed by atoms with Crippen LogP contribution < -0.4 is 0 Å². The minimum absolute atomic E-state index is 0.257. The van der Waals surface area contributed by atoms with Gasteiger partial charge in [0.05, 0.1) is 0 Å². The van der Waals surface area contributed by atoms with Crippen LogP contribution in [-0.2, 0) is 0 Å². The molecule has 2 heteroatoms. The van der Waals surface area contributed by atoms with Crippen molar-refractivity contribution in [3.63, 3.8) is 0 Å². The fourth-order valence-corrected chi connectivity index (χ4v) is 2.11. The first kappa shape index (κ1) is 9.38. The van der Waals surface area contributed by atoms with Crippen LogP contribution in [0.25, 0.3) is 0 Å². The van der Waals surface area contributed by atoms with Gasteiger partial charge in [0.15, 0.2) is 5.78 Å². The molecule has 1 aliphatic carbocycles. The van der Waals surface area contributed by atoms with Gasteiger partial charge in [0.25, 0.3) is 0 Å². The average molecular weight is 189 g/mol. The molecule has 0 radical (unpaired) electrons. The van der Waals surface area contributed by atoms with Crippen LogP contribution in [0, 0.1) is 5.92 Å². The third-order valence-corrected chi connectivity index (χ3v) is 2.92. The van der Waals surface area contributed by atoms with Crippen molar-refractivity contribution in [2.45, 2.75) is 32.1 Å². The SMILES string of the molecule is O=C(c1cccnc1)C1CCCCC1. The van der Waals surface area contributed by atoms with Crippen LogP contribution in [0.1, 0.15) is 42.5 Å². The van der Waals surface area contributed by atoms with Gasteiger partial charge in [-0.15, -0.1) is 0 Å². The first-order valence-corrected chi connectivity index (χ1v) is 5.32. The van der Waals surface area contributed by atoms with Crippen molar-refractivity contribution in [2.24, 2.45) is 5.92 Å². The zero-order valence-electron chi connectivity index (χ0n) is 8.28. The number of aromatic nitrogens is 1. The van der Waals surface area contributed by atoms with E-state index in [9.17, 15) is 4.79 Å². The van der Waals surface area contributed by atoms with Gasteiger partial charge in [0, 0.05) is 23.9 Å². The average Bonchev–Trinajstić information content (AvgIpc) is 2.30. The van der Waals surface area contributed by atoms with E-state index < -0.39 is 0 Å². The Morgan fingerprint density at radius 1 is 1.29 bits per heavy atom. The van der Waals surface area contributed by atoms with E-state index in [4.69, 9.17) is 0 Å². The molecular formula is C12H15NO.